The van der Waals surface area contributed by atoms with Crippen molar-refractivity contribution in [3.8, 4) is 10.4 Å². The number of aromatic amines is 1. The van der Waals surface area contributed by atoms with Gasteiger partial charge in [-0.05, 0) is 50.3 Å². The van der Waals surface area contributed by atoms with Crippen LogP contribution in [0.2, 0.25) is 0 Å². The predicted molar refractivity (Wildman–Crippen MR) is 157 cm³/mol. The summed E-state index contributed by atoms with van der Waals surface area (Å²) in [4.78, 5) is 23.2. The zero-order chi connectivity index (χ0) is 27.0. The van der Waals surface area contributed by atoms with Crippen molar-refractivity contribution in [2.75, 3.05) is 0 Å². The molecule has 0 saturated carbocycles. The van der Waals surface area contributed by atoms with Gasteiger partial charge in [0.25, 0.3) is 0 Å². The van der Waals surface area contributed by atoms with Crippen LogP contribution in [-0.2, 0) is 11.3 Å². The number of hydrogen-bond acceptors (Lipinski definition) is 6. The molecule has 5 rings (SSSR count). The van der Waals surface area contributed by atoms with Crippen LogP contribution in [0.1, 0.15) is 55.1 Å². The standard InChI is InChI=1S/C30H32N6OS/c1-17(34-29(37)30(3,4)5)11-19(14-31)20-12-23-26(32-15-20)16-33-36-28(23)25-13-22-21(7-6-8-24(22)35-25)27-10-9-18(2)38-27/h6-15,33,35H,16,31H2,1-5H3,(H,34,37)/b17-11+,19-14+. The molecule has 4 aromatic rings. The number of hydrazone groups is 1. The second-order valence-corrected chi connectivity index (χ2v) is 11.8. The predicted octanol–water partition coefficient (Wildman–Crippen LogP) is 5.82. The summed E-state index contributed by atoms with van der Waals surface area (Å²) in [6.45, 7) is 10.2. The summed E-state index contributed by atoms with van der Waals surface area (Å²) in [5, 5.41) is 8.78. The Morgan fingerprint density at radius 1 is 1.16 bits per heavy atom. The maximum atomic E-state index is 12.4. The Balaban J connectivity index is 1.51. The number of pyridine rings is 1. The third-order valence-corrected chi connectivity index (χ3v) is 7.50. The fourth-order valence-corrected chi connectivity index (χ4v) is 5.30. The van der Waals surface area contributed by atoms with Crippen LogP contribution in [0.4, 0.5) is 0 Å². The highest BCUT2D eigenvalue weighted by Crippen LogP contribution is 2.34. The molecule has 0 radical (unpaired) electrons. The molecule has 8 heteroatoms. The van der Waals surface area contributed by atoms with E-state index in [1.165, 1.54) is 21.5 Å². The Hall–Kier alpha value is -4.17. The number of aryl methyl sites for hydroxylation is 1. The van der Waals surface area contributed by atoms with Gasteiger partial charge in [-0.25, -0.2) is 0 Å². The lowest BCUT2D eigenvalue weighted by Gasteiger charge is -2.19. The van der Waals surface area contributed by atoms with Gasteiger partial charge < -0.3 is 21.5 Å². The summed E-state index contributed by atoms with van der Waals surface area (Å²) >= 11 is 1.79. The molecule has 194 valence electrons. The van der Waals surface area contributed by atoms with Gasteiger partial charge in [0.2, 0.25) is 5.91 Å². The summed E-state index contributed by atoms with van der Waals surface area (Å²) in [5.74, 6) is -0.0532. The first kappa shape index (κ1) is 25.5. The molecular weight excluding hydrogens is 492 g/mol. The van der Waals surface area contributed by atoms with Crippen molar-refractivity contribution >= 4 is 39.4 Å². The van der Waals surface area contributed by atoms with Crippen LogP contribution in [0.5, 0.6) is 0 Å². The number of nitrogens with zero attached hydrogens (tertiary/aromatic N) is 2. The maximum Gasteiger partial charge on any atom is 0.229 e. The molecule has 0 fully saturated rings. The first-order valence-electron chi connectivity index (χ1n) is 12.5. The molecule has 0 saturated heterocycles. The van der Waals surface area contributed by atoms with Gasteiger partial charge in [-0.1, -0.05) is 32.9 Å². The third kappa shape index (κ3) is 4.99. The lowest BCUT2D eigenvalue weighted by Crippen LogP contribution is -2.33. The first-order chi connectivity index (χ1) is 18.1. The maximum absolute atomic E-state index is 12.4. The quantitative estimate of drug-likeness (QED) is 0.247. The topological polar surface area (TPSA) is 108 Å². The second kappa shape index (κ2) is 9.95. The summed E-state index contributed by atoms with van der Waals surface area (Å²) in [5.41, 5.74) is 16.8. The van der Waals surface area contributed by atoms with E-state index in [0.717, 1.165) is 44.7 Å². The van der Waals surface area contributed by atoms with Crippen LogP contribution < -0.4 is 16.5 Å². The molecule has 1 aromatic carbocycles. The number of hydrogen-bond donors (Lipinski definition) is 4. The number of aromatic nitrogens is 2. The van der Waals surface area contributed by atoms with Crippen molar-refractivity contribution in [3.05, 3.63) is 94.0 Å². The van der Waals surface area contributed by atoms with Crippen LogP contribution in [0.25, 0.3) is 26.9 Å². The van der Waals surface area contributed by atoms with E-state index < -0.39 is 5.41 Å². The van der Waals surface area contributed by atoms with Gasteiger partial charge >= 0.3 is 0 Å². The Kier molecular flexibility index (Phi) is 6.67. The van der Waals surface area contributed by atoms with E-state index >= 15 is 0 Å². The van der Waals surface area contributed by atoms with Crippen molar-refractivity contribution in [1.82, 2.24) is 20.7 Å². The Bertz CT molecular complexity index is 1630. The highest BCUT2D eigenvalue weighted by atomic mass is 32.1. The fourth-order valence-electron chi connectivity index (χ4n) is 4.40. The lowest BCUT2D eigenvalue weighted by atomic mass is 9.95. The number of rotatable bonds is 5. The van der Waals surface area contributed by atoms with Gasteiger partial charge in [-0.2, -0.15) is 5.10 Å². The number of amides is 1. The number of allylic oxidation sites excluding steroid dienone is 3. The number of thiophene rings is 1. The molecule has 1 aliphatic rings. The second-order valence-electron chi connectivity index (χ2n) is 10.5. The minimum atomic E-state index is -0.491. The van der Waals surface area contributed by atoms with E-state index in [2.05, 4.69) is 70.2 Å². The zero-order valence-corrected chi connectivity index (χ0v) is 23.1. The normalized spacial score (nSPS) is 14.2. The highest BCUT2D eigenvalue weighted by molar-refractivity contribution is 7.15. The van der Waals surface area contributed by atoms with Crippen LogP contribution >= 0.6 is 11.3 Å². The molecular formula is C30H32N6OS. The average molecular weight is 525 g/mol. The van der Waals surface area contributed by atoms with E-state index in [9.17, 15) is 4.79 Å². The van der Waals surface area contributed by atoms with Crippen molar-refractivity contribution < 1.29 is 4.79 Å². The van der Waals surface area contributed by atoms with Crippen LogP contribution in [0.15, 0.2) is 71.7 Å². The number of benzene rings is 1. The molecule has 1 aliphatic heterocycles. The van der Waals surface area contributed by atoms with E-state index in [-0.39, 0.29) is 5.91 Å². The largest absolute Gasteiger partial charge is 0.404 e. The van der Waals surface area contributed by atoms with Crippen molar-refractivity contribution in [3.63, 3.8) is 0 Å². The summed E-state index contributed by atoms with van der Waals surface area (Å²) in [6.07, 6.45) is 5.20. The third-order valence-electron chi connectivity index (χ3n) is 6.46. The van der Waals surface area contributed by atoms with Gasteiger partial charge in [-0.3, -0.25) is 9.78 Å². The van der Waals surface area contributed by atoms with Crippen molar-refractivity contribution in [2.24, 2.45) is 16.3 Å². The van der Waals surface area contributed by atoms with Gasteiger partial charge in [0.05, 0.1) is 17.9 Å². The SMILES string of the molecule is C/C(=C\C(=C/N)c1cnc2c(c1)C(c1cc3c(-c4ccc(C)s4)cccc3[nH]1)=NNC2)NC(=O)C(C)(C)C. The molecule has 0 aliphatic carbocycles. The number of carbonyl (C=O) groups excluding carboxylic acids is 1. The number of nitrogens with two attached hydrogens (primary N) is 1. The molecule has 38 heavy (non-hydrogen) atoms. The van der Waals surface area contributed by atoms with Gasteiger partial charge in [0.15, 0.2) is 0 Å². The number of carbonyl (C=O) groups is 1. The highest BCUT2D eigenvalue weighted by Gasteiger charge is 2.22. The molecule has 5 N–H and O–H groups in total. The van der Waals surface area contributed by atoms with E-state index in [0.29, 0.717) is 12.2 Å². The van der Waals surface area contributed by atoms with Gasteiger partial charge in [0.1, 0.15) is 5.71 Å². The monoisotopic (exact) mass is 524 g/mol. The molecule has 7 nitrogen and oxygen atoms in total. The zero-order valence-electron chi connectivity index (χ0n) is 22.3. The molecule has 4 heterocycles. The minimum Gasteiger partial charge on any atom is -0.404 e. The molecule has 1 amide bonds. The average Bonchev–Trinajstić information content (AvgIpc) is 3.52. The molecule has 3 aromatic heterocycles. The van der Waals surface area contributed by atoms with Crippen LogP contribution in [-0.4, -0.2) is 21.6 Å². The molecule has 0 atom stereocenters. The number of H-pyrrole nitrogens is 1. The Labute approximate surface area is 226 Å². The summed E-state index contributed by atoms with van der Waals surface area (Å²) in [7, 11) is 0. The van der Waals surface area contributed by atoms with Gasteiger partial charge in [0, 0.05) is 66.4 Å². The first-order valence-corrected chi connectivity index (χ1v) is 13.4. The van der Waals surface area contributed by atoms with Crippen molar-refractivity contribution in [2.45, 2.75) is 41.2 Å². The van der Waals surface area contributed by atoms with Gasteiger partial charge in [-0.15, -0.1) is 11.3 Å². The van der Waals surface area contributed by atoms with E-state index in [1.54, 1.807) is 17.5 Å². The Morgan fingerprint density at radius 3 is 2.68 bits per heavy atom. The smallest absolute Gasteiger partial charge is 0.229 e. The van der Waals surface area contributed by atoms with E-state index in [4.69, 9.17) is 10.7 Å². The minimum absolute atomic E-state index is 0.0532. The molecule has 0 unspecified atom stereocenters. The Morgan fingerprint density at radius 2 is 1.97 bits per heavy atom. The van der Waals surface area contributed by atoms with Crippen LogP contribution in [0.3, 0.4) is 0 Å². The molecule has 0 bridgehead atoms. The summed E-state index contributed by atoms with van der Waals surface area (Å²) in [6, 6.07) is 14.9. The number of fused-ring (bicyclic) bond motifs is 2. The summed E-state index contributed by atoms with van der Waals surface area (Å²) < 4.78 is 0. The van der Waals surface area contributed by atoms with Crippen molar-refractivity contribution in [1.29, 1.82) is 0 Å². The number of nitrogens with one attached hydrogen (secondary N) is 3. The van der Waals surface area contributed by atoms with E-state index in [1.807, 2.05) is 33.8 Å². The molecule has 0 spiro atoms. The fraction of sp³-hybridized carbons (Fsp3) is 0.233. The van der Waals surface area contributed by atoms with Crippen LogP contribution in [0, 0.1) is 12.3 Å². The lowest BCUT2D eigenvalue weighted by molar-refractivity contribution is -0.127.